The van der Waals surface area contributed by atoms with Crippen LogP contribution in [0.3, 0.4) is 0 Å². The molecule has 24 heavy (non-hydrogen) atoms. The Balaban J connectivity index is 1.98. The fraction of sp³-hybridized carbons (Fsp3) is 0.474. The van der Waals surface area contributed by atoms with Gasteiger partial charge in [-0.1, -0.05) is 12.1 Å². The second-order valence-corrected chi connectivity index (χ2v) is 7.78. The molecule has 3 nitrogen and oxygen atoms in total. The summed E-state index contributed by atoms with van der Waals surface area (Å²) in [6, 6.07) is 8.59. The Labute approximate surface area is 147 Å². The van der Waals surface area contributed by atoms with Gasteiger partial charge in [0.25, 0.3) is 0 Å². The van der Waals surface area contributed by atoms with E-state index in [1.165, 1.54) is 17.7 Å². The predicted molar refractivity (Wildman–Crippen MR) is 96.5 cm³/mol. The normalized spacial score (nSPS) is 13.4. The highest BCUT2D eigenvalue weighted by atomic mass is 32.1. The zero-order valence-corrected chi connectivity index (χ0v) is 15.4. The van der Waals surface area contributed by atoms with Gasteiger partial charge in [0.05, 0.1) is 18.3 Å². The van der Waals surface area contributed by atoms with Crippen LogP contribution in [0.25, 0.3) is 0 Å². The minimum absolute atomic E-state index is 0.234. The monoisotopic (exact) mass is 351 g/mol. The molecule has 0 radical (unpaired) electrons. The molecule has 2 aromatic rings. The van der Waals surface area contributed by atoms with E-state index in [0.717, 1.165) is 12.1 Å². The van der Waals surface area contributed by atoms with Crippen LogP contribution in [0.2, 0.25) is 0 Å². The molecule has 0 saturated carbocycles. The number of ether oxygens (including phenoxy) is 1. The van der Waals surface area contributed by atoms with Gasteiger partial charge in [-0.15, -0.1) is 0 Å². The number of hydrogen-bond donors (Lipinski definition) is 1. The maximum Gasteiger partial charge on any atom is 0.123 e. The third kappa shape index (κ3) is 7.09. The summed E-state index contributed by atoms with van der Waals surface area (Å²) in [6.07, 6.45) is -0.566. The van der Waals surface area contributed by atoms with Crippen molar-refractivity contribution in [1.29, 1.82) is 0 Å². The lowest BCUT2D eigenvalue weighted by atomic mass is 10.1. The maximum absolute atomic E-state index is 13.1. The average molecular weight is 351 g/mol. The topological polar surface area (TPSA) is 32.7 Å². The molecule has 0 saturated heterocycles. The van der Waals surface area contributed by atoms with Crippen molar-refractivity contribution in [3.05, 3.63) is 58.0 Å². The summed E-state index contributed by atoms with van der Waals surface area (Å²) in [7, 11) is 0. The third-order valence-corrected chi connectivity index (χ3v) is 4.22. The number of halogens is 1. The second kappa shape index (κ2) is 8.72. The minimum atomic E-state index is -0.566. The first-order valence-electron chi connectivity index (χ1n) is 8.12. The van der Waals surface area contributed by atoms with Gasteiger partial charge < -0.3 is 9.84 Å². The van der Waals surface area contributed by atoms with Gasteiger partial charge in [-0.25, -0.2) is 4.39 Å². The molecule has 0 spiro atoms. The first-order chi connectivity index (χ1) is 11.3. The van der Waals surface area contributed by atoms with Gasteiger partial charge in [-0.05, 0) is 60.9 Å². The van der Waals surface area contributed by atoms with Gasteiger partial charge in [0.1, 0.15) is 5.82 Å². The van der Waals surface area contributed by atoms with E-state index in [-0.39, 0.29) is 11.4 Å². The Morgan fingerprint density at radius 3 is 2.38 bits per heavy atom. The van der Waals surface area contributed by atoms with Crippen molar-refractivity contribution in [3.63, 3.8) is 0 Å². The summed E-state index contributed by atoms with van der Waals surface area (Å²) in [5.74, 6) is -0.234. The molecule has 132 valence electrons. The highest BCUT2D eigenvalue weighted by Crippen LogP contribution is 2.15. The van der Waals surface area contributed by atoms with Gasteiger partial charge in [0.2, 0.25) is 0 Å². The Kier molecular flexibility index (Phi) is 6.92. The van der Waals surface area contributed by atoms with Gasteiger partial charge in [-0.2, -0.15) is 11.3 Å². The predicted octanol–water partition coefficient (Wildman–Crippen LogP) is 4.07. The van der Waals surface area contributed by atoms with Crippen LogP contribution in [0, 0.1) is 5.82 Å². The SMILES string of the molecule is CC(C)(C)OC[C@@H](O)CN(Cc1ccc(F)cc1)Cc1ccsc1. The highest BCUT2D eigenvalue weighted by molar-refractivity contribution is 7.07. The second-order valence-electron chi connectivity index (χ2n) is 7.00. The molecule has 1 N–H and O–H groups in total. The van der Waals surface area contributed by atoms with Crippen LogP contribution in [-0.4, -0.2) is 34.9 Å². The van der Waals surface area contributed by atoms with Gasteiger partial charge >= 0.3 is 0 Å². The summed E-state index contributed by atoms with van der Waals surface area (Å²) in [6.45, 7) is 8.12. The van der Waals surface area contributed by atoms with Gasteiger partial charge in [0, 0.05) is 19.6 Å². The average Bonchev–Trinajstić information content (AvgIpc) is 3.00. The lowest BCUT2D eigenvalue weighted by molar-refractivity contribution is -0.0572. The number of rotatable bonds is 8. The van der Waals surface area contributed by atoms with E-state index in [4.69, 9.17) is 4.74 Å². The molecule has 0 unspecified atom stereocenters. The zero-order valence-electron chi connectivity index (χ0n) is 14.5. The zero-order chi connectivity index (χ0) is 17.6. The molecule has 5 heteroatoms. The summed E-state index contributed by atoms with van der Waals surface area (Å²) in [4.78, 5) is 2.16. The molecule has 0 aliphatic rings. The van der Waals surface area contributed by atoms with Crippen LogP contribution < -0.4 is 0 Å². The number of nitrogens with zero attached hydrogens (tertiary/aromatic N) is 1. The molecular weight excluding hydrogens is 325 g/mol. The van der Waals surface area contributed by atoms with E-state index in [9.17, 15) is 9.50 Å². The van der Waals surface area contributed by atoms with Crippen molar-refractivity contribution in [1.82, 2.24) is 4.90 Å². The van der Waals surface area contributed by atoms with E-state index in [0.29, 0.717) is 19.7 Å². The van der Waals surface area contributed by atoms with Crippen LogP contribution in [0.1, 0.15) is 31.9 Å². The Morgan fingerprint density at radius 1 is 1.12 bits per heavy atom. The number of benzene rings is 1. The number of aliphatic hydroxyl groups excluding tert-OH is 1. The Bertz CT molecular complexity index is 593. The molecular formula is C19H26FNO2S. The molecule has 1 atom stereocenters. The Morgan fingerprint density at radius 2 is 1.79 bits per heavy atom. The van der Waals surface area contributed by atoms with Crippen LogP contribution in [0.4, 0.5) is 4.39 Å². The number of thiophene rings is 1. The summed E-state index contributed by atoms with van der Waals surface area (Å²) < 4.78 is 18.8. The molecule has 1 aromatic heterocycles. The van der Waals surface area contributed by atoms with Crippen molar-refractivity contribution in [2.45, 2.75) is 45.6 Å². The Hall–Kier alpha value is -1.27. The molecule has 1 aromatic carbocycles. The van der Waals surface area contributed by atoms with E-state index in [2.05, 4.69) is 16.3 Å². The van der Waals surface area contributed by atoms with Crippen LogP contribution in [-0.2, 0) is 17.8 Å². The molecule has 0 aliphatic carbocycles. The third-order valence-electron chi connectivity index (χ3n) is 3.48. The minimum Gasteiger partial charge on any atom is -0.389 e. The van der Waals surface area contributed by atoms with E-state index < -0.39 is 6.10 Å². The van der Waals surface area contributed by atoms with Gasteiger partial charge in [-0.3, -0.25) is 4.90 Å². The molecule has 0 fully saturated rings. The van der Waals surface area contributed by atoms with E-state index in [1.54, 1.807) is 23.5 Å². The standard InChI is InChI=1S/C19H26FNO2S/c1-19(2,3)23-13-18(22)12-21(11-16-8-9-24-14-16)10-15-4-6-17(20)7-5-15/h4-9,14,18,22H,10-13H2,1-3H3/t18-/m0/s1. The molecule has 2 rings (SSSR count). The van der Waals surface area contributed by atoms with Crippen molar-refractivity contribution in [2.24, 2.45) is 0 Å². The summed E-state index contributed by atoms with van der Waals surface area (Å²) in [5.41, 5.74) is 1.97. The van der Waals surface area contributed by atoms with Crippen molar-refractivity contribution in [2.75, 3.05) is 13.2 Å². The number of aliphatic hydroxyl groups is 1. The number of hydrogen-bond acceptors (Lipinski definition) is 4. The maximum atomic E-state index is 13.1. The van der Waals surface area contributed by atoms with E-state index in [1.807, 2.05) is 26.2 Å². The molecule has 0 bridgehead atoms. The lowest BCUT2D eigenvalue weighted by Crippen LogP contribution is -2.36. The van der Waals surface area contributed by atoms with Crippen molar-refractivity contribution < 1.29 is 14.2 Å². The molecule has 0 aliphatic heterocycles. The lowest BCUT2D eigenvalue weighted by Gasteiger charge is -2.27. The van der Waals surface area contributed by atoms with Gasteiger partial charge in [0.15, 0.2) is 0 Å². The first kappa shape index (κ1) is 19.1. The highest BCUT2D eigenvalue weighted by Gasteiger charge is 2.17. The van der Waals surface area contributed by atoms with Crippen LogP contribution in [0.15, 0.2) is 41.1 Å². The quantitative estimate of drug-likeness (QED) is 0.778. The van der Waals surface area contributed by atoms with Crippen LogP contribution >= 0.6 is 11.3 Å². The van der Waals surface area contributed by atoms with Crippen LogP contribution in [0.5, 0.6) is 0 Å². The fourth-order valence-electron chi connectivity index (χ4n) is 2.37. The molecule has 1 heterocycles. The fourth-order valence-corrected chi connectivity index (χ4v) is 3.03. The van der Waals surface area contributed by atoms with Crippen molar-refractivity contribution >= 4 is 11.3 Å². The van der Waals surface area contributed by atoms with Crippen molar-refractivity contribution in [3.8, 4) is 0 Å². The smallest absolute Gasteiger partial charge is 0.123 e. The summed E-state index contributed by atoms with van der Waals surface area (Å²) >= 11 is 1.66. The summed E-state index contributed by atoms with van der Waals surface area (Å²) in [5, 5.41) is 14.5. The first-order valence-corrected chi connectivity index (χ1v) is 9.06. The largest absolute Gasteiger partial charge is 0.389 e. The molecule has 0 amide bonds. The van der Waals surface area contributed by atoms with E-state index >= 15 is 0 Å².